The number of hydrogen-bond donors (Lipinski definition) is 3. The fourth-order valence-electron chi connectivity index (χ4n) is 1.39. The Kier molecular flexibility index (Phi) is 5.98. The topological polar surface area (TPSA) is 67.2 Å². The Morgan fingerprint density at radius 1 is 1.58 bits per heavy atom. The van der Waals surface area contributed by atoms with Crippen molar-refractivity contribution >= 4 is 39.7 Å². The Bertz CT molecular complexity index is 494. The summed E-state index contributed by atoms with van der Waals surface area (Å²) < 4.78 is 0. The first-order valence-electron chi connectivity index (χ1n) is 5.74. The number of thioether (sulfide) groups is 1. The van der Waals surface area contributed by atoms with Gasteiger partial charge in [-0.25, -0.2) is 0 Å². The van der Waals surface area contributed by atoms with Crippen LogP contribution in [0.3, 0.4) is 0 Å². The first-order chi connectivity index (χ1) is 9.01. The molecule has 0 spiro atoms. The number of anilines is 2. The van der Waals surface area contributed by atoms with E-state index in [4.69, 9.17) is 5.73 Å². The number of hydrogen-bond acceptors (Lipinski definition) is 5. The molecular weight excluding hydrogens is 278 g/mol. The molecular formula is C13H19N3OS2. The average Bonchev–Trinajstić information content (AvgIpc) is 2.69. The van der Waals surface area contributed by atoms with Crippen molar-refractivity contribution in [1.82, 2.24) is 5.32 Å². The summed E-state index contributed by atoms with van der Waals surface area (Å²) in [4.78, 5) is 13.4. The molecule has 0 aliphatic rings. The second-order valence-corrected chi connectivity index (χ2v) is 5.85. The first kappa shape index (κ1) is 15.7. The van der Waals surface area contributed by atoms with Gasteiger partial charge in [0.1, 0.15) is 9.88 Å². The maximum Gasteiger partial charge on any atom is 0.263 e. The Morgan fingerprint density at radius 3 is 2.79 bits per heavy atom. The minimum Gasteiger partial charge on any atom is -0.396 e. The molecule has 0 radical (unpaired) electrons. The highest BCUT2D eigenvalue weighted by Gasteiger charge is 2.20. The van der Waals surface area contributed by atoms with Crippen LogP contribution in [0.1, 0.15) is 16.6 Å². The molecule has 0 aromatic carbocycles. The number of carbonyl (C=O) groups is 1. The van der Waals surface area contributed by atoms with Crippen molar-refractivity contribution in [3.8, 4) is 0 Å². The van der Waals surface area contributed by atoms with Crippen LogP contribution in [0.2, 0.25) is 0 Å². The lowest BCUT2D eigenvalue weighted by Crippen LogP contribution is -2.23. The van der Waals surface area contributed by atoms with Crippen LogP contribution in [-0.4, -0.2) is 25.3 Å². The van der Waals surface area contributed by atoms with E-state index < -0.39 is 0 Å². The van der Waals surface area contributed by atoms with E-state index in [1.54, 1.807) is 6.08 Å². The Hall–Kier alpha value is -1.40. The van der Waals surface area contributed by atoms with Gasteiger partial charge in [0.25, 0.3) is 5.91 Å². The van der Waals surface area contributed by atoms with Crippen LogP contribution < -0.4 is 16.4 Å². The monoisotopic (exact) mass is 297 g/mol. The summed E-state index contributed by atoms with van der Waals surface area (Å²) in [6, 6.07) is 0. The smallest absolute Gasteiger partial charge is 0.263 e. The van der Waals surface area contributed by atoms with E-state index in [9.17, 15) is 4.79 Å². The van der Waals surface area contributed by atoms with Gasteiger partial charge in [0.15, 0.2) is 0 Å². The molecule has 0 aliphatic heterocycles. The molecule has 1 heterocycles. The number of thiophene rings is 1. The van der Waals surface area contributed by atoms with E-state index >= 15 is 0 Å². The highest BCUT2D eigenvalue weighted by molar-refractivity contribution is 7.99. The molecule has 1 aromatic rings. The fourth-order valence-corrected chi connectivity index (χ4v) is 3.34. The maximum atomic E-state index is 12.0. The zero-order valence-corrected chi connectivity index (χ0v) is 12.8. The van der Waals surface area contributed by atoms with Crippen LogP contribution in [0.5, 0.6) is 0 Å². The van der Waals surface area contributed by atoms with Crippen LogP contribution in [-0.2, 0) is 0 Å². The van der Waals surface area contributed by atoms with Gasteiger partial charge < -0.3 is 16.4 Å². The van der Waals surface area contributed by atoms with E-state index in [-0.39, 0.29) is 5.91 Å². The fraction of sp³-hybridized carbons (Fsp3) is 0.308. The lowest BCUT2D eigenvalue weighted by atomic mass is 10.3. The Labute approximate surface area is 122 Å². The Balaban J connectivity index is 2.97. The van der Waals surface area contributed by atoms with E-state index in [1.165, 1.54) is 23.1 Å². The summed E-state index contributed by atoms with van der Waals surface area (Å²) in [6.45, 7) is 10.5. The van der Waals surface area contributed by atoms with Gasteiger partial charge in [-0.15, -0.1) is 29.7 Å². The number of rotatable bonds is 7. The average molecular weight is 297 g/mol. The molecule has 4 N–H and O–H groups in total. The van der Waals surface area contributed by atoms with Crippen molar-refractivity contribution < 1.29 is 4.79 Å². The second-order valence-electron chi connectivity index (χ2n) is 4.02. The highest BCUT2D eigenvalue weighted by atomic mass is 32.2. The van der Waals surface area contributed by atoms with Crippen molar-refractivity contribution in [3.63, 3.8) is 0 Å². The molecule has 1 rings (SSSR count). The molecule has 0 bridgehead atoms. The normalized spacial score (nSPS) is 10.0. The number of carbonyl (C=O) groups excluding carboxylic acids is 1. The molecule has 6 heteroatoms. The third-order valence-corrected chi connectivity index (χ3v) is 4.39. The molecule has 104 valence electrons. The molecule has 0 atom stereocenters. The predicted molar refractivity (Wildman–Crippen MR) is 86.3 cm³/mol. The highest BCUT2D eigenvalue weighted by Crippen LogP contribution is 2.41. The quantitative estimate of drug-likeness (QED) is 0.535. The summed E-state index contributed by atoms with van der Waals surface area (Å²) in [7, 11) is 0. The third-order valence-electron chi connectivity index (χ3n) is 2.27. The summed E-state index contributed by atoms with van der Waals surface area (Å²) >= 11 is 2.90. The van der Waals surface area contributed by atoms with Crippen molar-refractivity contribution in [2.45, 2.75) is 11.8 Å². The van der Waals surface area contributed by atoms with Gasteiger partial charge in [0.05, 0.1) is 10.6 Å². The minimum atomic E-state index is -0.166. The second kappa shape index (κ2) is 7.25. The predicted octanol–water partition coefficient (Wildman–Crippen LogP) is 2.96. The third kappa shape index (κ3) is 4.04. The lowest BCUT2D eigenvalue weighted by Gasteiger charge is -2.05. The van der Waals surface area contributed by atoms with Crippen molar-refractivity contribution in [2.75, 3.05) is 30.4 Å². The van der Waals surface area contributed by atoms with Crippen molar-refractivity contribution in [2.24, 2.45) is 0 Å². The van der Waals surface area contributed by atoms with Gasteiger partial charge in [-0.3, -0.25) is 4.79 Å². The molecule has 19 heavy (non-hydrogen) atoms. The number of nitrogens with one attached hydrogen (secondary N) is 2. The zero-order valence-electron chi connectivity index (χ0n) is 11.2. The largest absolute Gasteiger partial charge is 0.396 e. The minimum absolute atomic E-state index is 0.166. The van der Waals surface area contributed by atoms with Crippen molar-refractivity contribution in [1.29, 1.82) is 0 Å². The van der Waals surface area contributed by atoms with Gasteiger partial charge in [-0.1, -0.05) is 18.2 Å². The summed E-state index contributed by atoms with van der Waals surface area (Å²) in [5.41, 5.74) is 7.59. The number of amides is 1. The molecule has 1 amide bonds. The van der Waals surface area contributed by atoms with Crippen LogP contribution in [0.4, 0.5) is 10.7 Å². The lowest BCUT2D eigenvalue weighted by molar-refractivity contribution is 0.0963. The van der Waals surface area contributed by atoms with Gasteiger partial charge in [0.2, 0.25) is 0 Å². The molecule has 0 saturated carbocycles. The molecule has 1 aromatic heterocycles. The van der Waals surface area contributed by atoms with Crippen LogP contribution >= 0.6 is 23.1 Å². The summed E-state index contributed by atoms with van der Waals surface area (Å²) in [5.74, 6) is -0.166. The van der Waals surface area contributed by atoms with Crippen molar-refractivity contribution in [3.05, 3.63) is 29.7 Å². The van der Waals surface area contributed by atoms with Gasteiger partial charge in [-0.2, -0.15) is 0 Å². The van der Waals surface area contributed by atoms with Gasteiger partial charge in [0, 0.05) is 13.1 Å². The zero-order chi connectivity index (χ0) is 14.4. The summed E-state index contributed by atoms with van der Waals surface area (Å²) in [6.07, 6.45) is 3.58. The summed E-state index contributed by atoms with van der Waals surface area (Å²) in [5, 5.41) is 6.91. The SMILES string of the molecule is C=CCNC(=O)c1sc(NCC(=C)C)c(SC)c1N. The number of nitrogen functional groups attached to an aromatic ring is 1. The molecule has 4 nitrogen and oxygen atoms in total. The molecule has 0 unspecified atom stereocenters. The Morgan fingerprint density at radius 2 is 2.26 bits per heavy atom. The van der Waals surface area contributed by atoms with Crippen LogP contribution in [0.15, 0.2) is 29.7 Å². The van der Waals surface area contributed by atoms with Crippen LogP contribution in [0, 0.1) is 0 Å². The molecule has 0 aliphatic carbocycles. The molecule has 0 fully saturated rings. The van der Waals surface area contributed by atoms with Gasteiger partial charge >= 0.3 is 0 Å². The standard InChI is InChI=1S/C13H19N3OS2/c1-5-6-15-12(17)10-9(14)11(18-4)13(19-10)16-7-8(2)3/h5,16H,1-2,6-7,14H2,3-4H3,(H,15,17). The maximum absolute atomic E-state index is 12.0. The van der Waals surface area contributed by atoms with Crippen LogP contribution in [0.25, 0.3) is 0 Å². The van der Waals surface area contributed by atoms with E-state index in [2.05, 4.69) is 23.8 Å². The van der Waals surface area contributed by atoms with E-state index in [0.717, 1.165) is 15.5 Å². The van der Waals surface area contributed by atoms with E-state index in [0.29, 0.717) is 23.7 Å². The van der Waals surface area contributed by atoms with Gasteiger partial charge in [-0.05, 0) is 13.2 Å². The van der Waals surface area contributed by atoms with E-state index in [1.807, 2.05) is 13.2 Å². The molecule has 0 saturated heterocycles. The number of nitrogens with two attached hydrogens (primary N) is 1. The first-order valence-corrected chi connectivity index (χ1v) is 7.79.